The second-order valence-corrected chi connectivity index (χ2v) is 5.75. The Bertz CT molecular complexity index is 1130. The Hall–Kier alpha value is -4.08. The molecule has 4 rings (SSSR count). The first-order valence-corrected chi connectivity index (χ1v) is 8.24. The third kappa shape index (κ3) is 3.56. The van der Waals surface area contributed by atoms with Gasteiger partial charge in [0.1, 0.15) is 5.82 Å². The Kier molecular flexibility index (Phi) is 4.50. The summed E-state index contributed by atoms with van der Waals surface area (Å²) in [6.45, 7) is 0. The molecule has 10 heteroatoms. The first kappa shape index (κ1) is 17.3. The molecule has 0 spiro atoms. The number of anilines is 4. The van der Waals surface area contributed by atoms with Gasteiger partial charge >= 0.3 is 0 Å². The van der Waals surface area contributed by atoms with E-state index in [-0.39, 0.29) is 23.0 Å². The molecule has 2 aromatic carbocycles. The third-order valence-corrected chi connectivity index (χ3v) is 3.86. The van der Waals surface area contributed by atoms with Crippen LogP contribution in [-0.4, -0.2) is 33.2 Å². The van der Waals surface area contributed by atoms with Gasteiger partial charge in [0.25, 0.3) is 5.91 Å². The molecule has 0 atom stereocenters. The average Bonchev–Trinajstić information content (AvgIpc) is 3.17. The summed E-state index contributed by atoms with van der Waals surface area (Å²) in [4.78, 5) is 20.4. The van der Waals surface area contributed by atoms with E-state index in [1.165, 1.54) is 12.1 Å². The Balaban J connectivity index is 1.66. The second-order valence-electron chi connectivity index (χ2n) is 5.75. The normalized spacial score (nSPS) is 10.6. The van der Waals surface area contributed by atoms with E-state index < -0.39 is 0 Å². The largest absolute Gasteiger partial charge is 0.355 e. The van der Waals surface area contributed by atoms with Crippen molar-refractivity contribution in [2.45, 2.75) is 0 Å². The van der Waals surface area contributed by atoms with Gasteiger partial charge in [0.2, 0.25) is 11.3 Å². The zero-order chi connectivity index (χ0) is 19.5. The number of halogens is 1. The number of hydrogen-bond acceptors (Lipinski definition) is 8. The highest BCUT2D eigenvalue weighted by Crippen LogP contribution is 2.27. The zero-order valence-corrected chi connectivity index (χ0v) is 14.6. The molecule has 0 bridgehead atoms. The van der Waals surface area contributed by atoms with Crippen LogP contribution in [0.15, 0.2) is 53.2 Å². The lowest BCUT2D eigenvalue weighted by atomic mass is 10.2. The molecule has 2 heterocycles. The summed E-state index contributed by atoms with van der Waals surface area (Å²) < 4.78 is 17.8. The van der Waals surface area contributed by atoms with Crippen molar-refractivity contribution in [2.24, 2.45) is 0 Å². The Labute approximate surface area is 158 Å². The molecule has 9 nitrogen and oxygen atoms in total. The predicted molar refractivity (Wildman–Crippen MR) is 100 cm³/mol. The maximum absolute atomic E-state index is 13.1. The number of nitrogens with zero attached hydrogens (tertiary/aromatic N) is 4. The Morgan fingerprint density at radius 2 is 1.36 bits per heavy atom. The summed E-state index contributed by atoms with van der Waals surface area (Å²) in [5, 5.41) is 16.1. The van der Waals surface area contributed by atoms with Gasteiger partial charge in [0.15, 0.2) is 11.6 Å². The molecule has 0 saturated carbocycles. The fourth-order valence-electron chi connectivity index (χ4n) is 2.47. The number of nitrogens with one attached hydrogen (secondary N) is 3. The first-order valence-electron chi connectivity index (χ1n) is 8.24. The highest BCUT2D eigenvalue weighted by molar-refractivity contribution is 5.94. The fourth-order valence-corrected chi connectivity index (χ4v) is 2.47. The van der Waals surface area contributed by atoms with Crippen LogP contribution in [0.4, 0.5) is 27.4 Å². The molecule has 28 heavy (non-hydrogen) atoms. The van der Waals surface area contributed by atoms with E-state index in [9.17, 15) is 9.18 Å². The van der Waals surface area contributed by atoms with Crippen molar-refractivity contribution in [3.8, 4) is 0 Å². The molecule has 0 unspecified atom stereocenters. The van der Waals surface area contributed by atoms with E-state index in [1.807, 2.05) is 0 Å². The van der Waals surface area contributed by atoms with Crippen LogP contribution in [0, 0.1) is 5.82 Å². The number of benzene rings is 2. The van der Waals surface area contributed by atoms with Gasteiger partial charge in [-0.15, -0.1) is 0 Å². The van der Waals surface area contributed by atoms with Crippen LogP contribution in [-0.2, 0) is 0 Å². The average molecular weight is 379 g/mol. The molecule has 0 fully saturated rings. The van der Waals surface area contributed by atoms with Crippen LogP contribution < -0.4 is 16.0 Å². The van der Waals surface area contributed by atoms with Crippen molar-refractivity contribution in [3.63, 3.8) is 0 Å². The zero-order valence-electron chi connectivity index (χ0n) is 14.6. The number of rotatable bonds is 5. The van der Waals surface area contributed by atoms with Crippen molar-refractivity contribution in [2.75, 3.05) is 17.7 Å². The molecule has 0 aliphatic rings. The summed E-state index contributed by atoms with van der Waals surface area (Å²) in [7, 11) is 1.57. The summed E-state index contributed by atoms with van der Waals surface area (Å²) in [5.41, 5.74) is 2.28. The number of carbonyl (C=O) groups is 1. The van der Waals surface area contributed by atoms with Crippen LogP contribution in [0.1, 0.15) is 10.4 Å². The van der Waals surface area contributed by atoms with Gasteiger partial charge in [-0.05, 0) is 58.8 Å². The minimum absolute atomic E-state index is 0.180. The molecule has 0 aliphatic heterocycles. The van der Waals surface area contributed by atoms with E-state index >= 15 is 0 Å². The van der Waals surface area contributed by atoms with E-state index in [4.69, 9.17) is 0 Å². The topological polar surface area (TPSA) is 118 Å². The van der Waals surface area contributed by atoms with Gasteiger partial charge < -0.3 is 16.0 Å². The van der Waals surface area contributed by atoms with Crippen LogP contribution in [0.2, 0.25) is 0 Å². The number of aromatic nitrogens is 4. The lowest BCUT2D eigenvalue weighted by molar-refractivity contribution is 0.0963. The van der Waals surface area contributed by atoms with E-state index in [1.54, 1.807) is 43.4 Å². The minimum atomic E-state index is -0.345. The Morgan fingerprint density at radius 1 is 0.857 bits per heavy atom. The summed E-state index contributed by atoms with van der Waals surface area (Å²) in [6, 6.07) is 12.6. The quantitative estimate of drug-likeness (QED) is 0.484. The highest BCUT2D eigenvalue weighted by Gasteiger charge is 2.14. The molecule has 0 radical (unpaired) electrons. The molecule has 0 aliphatic carbocycles. The number of fused-ring (bicyclic) bond motifs is 1. The van der Waals surface area contributed by atoms with Crippen LogP contribution in [0.3, 0.4) is 0 Å². The summed E-state index contributed by atoms with van der Waals surface area (Å²) in [5.74, 6) is 0.188. The van der Waals surface area contributed by atoms with Crippen LogP contribution >= 0.6 is 0 Å². The van der Waals surface area contributed by atoms with E-state index in [0.717, 1.165) is 0 Å². The van der Waals surface area contributed by atoms with Gasteiger partial charge in [0, 0.05) is 24.0 Å². The third-order valence-electron chi connectivity index (χ3n) is 3.86. The van der Waals surface area contributed by atoms with Gasteiger partial charge in [-0.25, -0.2) is 19.0 Å². The van der Waals surface area contributed by atoms with Crippen LogP contribution in [0.25, 0.3) is 11.3 Å². The molecule has 0 saturated heterocycles. The highest BCUT2D eigenvalue weighted by atomic mass is 19.1. The Morgan fingerprint density at radius 3 is 1.86 bits per heavy atom. The van der Waals surface area contributed by atoms with E-state index in [0.29, 0.717) is 28.6 Å². The summed E-state index contributed by atoms with van der Waals surface area (Å²) in [6.07, 6.45) is 0. The van der Waals surface area contributed by atoms with Gasteiger partial charge in [-0.3, -0.25) is 4.79 Å². The standard InChI is InChI=1S/C18H14FN7O2/c1-20-18(27)10-2-6-12(7-3-10)21-14-15(22-13-8-4-11(19)5-9-13)24-17-16(23-14)25-28-26-17/h2-9H,1H3,(H,20,27)(H,21,23,25)(H,22,24,26). The predicted octanol–water partition coefficient (Wildman–Crippen LogP) is 3.00. The van der Waals surface area contributed by atoms with Crippen molar-refractivity contribution in [1.29, 1.82) is 0 Å². The molecule has 2 aromatic heterocycles. The lowest BCUT2D eigenvalue weighted by Gasteiger charge is -2.12. The van der Waals surface area contributed by atoms with Gasteiger partial charge in [0.05, 0.1) is 0 Å². The molecule has 4 aromatic rings. The second kappa shape index (κ2) is 7.27. The maximum atomic E-state index is 13.1. The molecular formula is C18H14FN7O2. The van der Waals surface area contributed by atoms with Crippen molar-refractivity contribution in [3.05, 3.63) is 59.9 Å². The first-order chi connectivity index (χ1) is 13.6. The van der Waals surface area contributed by atoms with Crippen molar-refractivity contribution < 1.29 is 13.8 Å². The monoisotopic (exact) mass is 379 g/mol. The summed E-state index contributed by atoms with van der Waals surface area (Å²) >= 11 is 0. The SMILES string of the molecule is CNC(=O)c1ccc(Nc2nc3nonc3nc2Nc2ccc(F)cc2)cc1. The van der Waals surface area contributed by atoms with Crippen molar-refractivity contribution >= 4 is 40.2 Å². The minimum Gasteiger partial charge on any atom is -0.355 e. The lowest BCUT2D eigenvalue weighted by Crippen LogP contribution is -2.17. The van der Waals surface area contributed by atoms with E-state index in [2.05, 4.69) is 40.9 Å². The maximum Gasteiger partial charge on any atom is 0.251 e. The van der Waals surface area contributed by atoms with Gasteiger partial charge in [-0.2, -0.15) is 0 Å². The molecule has 140 valence electrons. The van der Waals surface area contributed by atoms with Crippen molar-refractivity contribution in [1.82, 2.24) is 25.6 Å². The molecule has 1 amide bonds. The fraction of sp³-hybridized carbons (Fsp3) is 0.0556. The van der Waals surface area contributed by atoms with Gasteiger partial charge in [-0.1, -0.05) is 0 Å². The number of hydrogen-bond donors (Lipinski definition) is 3. The number of carbonyl (C=O) groups excluding carboxylic acids is 1. The van der Waals surface area contributed by atoms with Crippen LogP contribution in [0.5, 0.6) is 0 Å². The number of amides is 1. The smallest absolute Gasteiger partial charge is 0.251 e. The molecule has 3 N–H and O–H groups in total. The molecular weight excluding hydrogens is 365 g/mol.